The van der Waals surface area contributed by atoms with E-state index in [1.165, 1.54) is 22.6 Å². The molecule has 3 heteroatoms. The van der Waals surface area contributed by atoms with Gasteiger partial charge in [0.1, 0.15) is 0 Å². The molecule has 0 atom stereocenters. The van der Waals surface area contributed by atoms with Crippen LogP contribution in [-0.2, 0) is 20.4 Å². The molecule has 4 aliphatic carbocycles. The first kappa shape index (κ1) is 29.6. The van der Waals surface area contributed by atoms with Gasteiger partial charge in [0, 0.05) is 0 Å². The Morgan fingerprint density at radius 2 is 0.567 bits per heavy atom. The largest absolute Gasteiger partial charge is 2.00 e. The van der Waals surface area contributed by atoms with Crippen molar-refractivity contribution >= 4 is 15.8 Å². The second-order valence-corrected chi connectivity index (χ2v) is 16.4. The Hall–Kier alpha value is 1.52. The molecule has 0 N–H and O–H groups in total. The van der Waals surface area contributed by atoms with Crippen LogP contribution in [0.1, 0.15) is 128 Å². The van der Waals surface area contributed by atoms with Crippen LogP contribution in [0.2, 0.25) is 0 Å². The maximum absolute atomic E-state index is 1.79. The van der Waals surface area contributed by atoms with Gasteiger partial charge < -0.3 is 14.9 Å². The summed E-state index contributed by atoms with van der Waals surface area (Å²) in [5.74, 6) is 1.79. The summed E-state index contributed by atoms with van der Waals surface area (Å²) in [5.41, 5.74) is 4.76. The van der Waals surface area contributed by atoms with E-state index >= 15 is 0 Å². The van der Waals surface area contributed by atoms with Crippen molar-refractivity contribution in [2.45, 2.75) is 151 Å². The second kappa shape index (κ2) is 16.2. The monoisotopic (exact) mass is 544 g/mol. The van der Waals surface area contributed by atoms with Gasteiger partial charge in [0.25, 0.3) is 0 Å². The zero-order chi connectivity index (χ0) is 18.3. The average Bonchev–Trinajstić information content (AvgIpc) is 2.77. The van der Waals surface area contributed by atoms with E-state index < -0.39 is 0 Å². The molecule has 0 aromatic rings. The van der Waals surface area contributed by atoms with Gasteiger partial charge in [-0.2, -0.15) is 0 Å². The standard InChI is InChI=1S/C25H46P2.2CH3.Pd/c1-5-13-22(14-6-1)26(23-15-7-2-8-16-23)21-27(24-17-9-3-10-18-24)25-19-11-4-12-20-25;;;/h22-25H,1-21H2;2*1H3;/q;2*-1;+2. The van der Waals surface area contributed by atoms with E-state index in [1.807, 2.05) is 0 Å². The molecule has 0 nitrogen and oxygen atoms in total. The molecule has 0 radical (unpaired) electrons. The Labute approximate surface area is 207 Å². The fraction of sp³-hybridized carbons (Fsp3) is 0.926. The van der Waals surface area contributed by atoms with Crippen molar-refractivity contribution in [2.75, 3.05) is 5.90 Å². The predicted octanol–water partition coefficient (Wildman–Crippen LogP) is 10.1. The number of rotatable bonds is 6. The third-order valence-corrected chi connectivity index (χ3v) is 16.9. The summed E-state index contributed by atoms with van der Waals surface area (Å²) < 4.78 is 0. The first-order chi connectivity index (χ1) is 13.4. The van der Waals surface area contributed by atoms with Gasteiger partial charge in [0.15, 0.2) is 0 Å². The van der Waals surface area contributed by atoms with Crippen LogP contribution >= 0.6 is 15.8 Å². The summed E-state index contributed by atoms with van der Waals surface area (Å²) >= 11 is 0. The first-order valence-corrected chi connectivity index (χ1v) is 16.3. The zero-order valence-corrected chi connectivity index (χ0v) is 23.7. The minimum absolute atomic E-state index is 0. The van der Waals surface area contributed by atoms with Crippen molar-refractivity contribution in [3.8, 4) is 0 Å². The summed E-state index contributed by atoms with van der Waals surface area (Å²) in [7, 11) is 0.686. The van der Waals surface area contributed by atoms with E-state index in [4.69, 9.17) is 0 Å². The fourth-order valence-corrected chi connectivity index (χ4v) is 17.4. The Balaban J connectivity index is 0.00000150. The van der Waals surface area contributed by atoms with Crippen LogP contribution in [0.3, 0.4) is 0 Å². The fourth-order valence-electron chi connectivity index (χ4n) is 6.90. The van der Waals surface area contributed by atoms with Crippen LogP contribution < -0.4 is 0 Å². The Bertz CT molecular complexity index is 331. The topological polar surface area (TPSA) is 0 Å². The Morgan fingerprint density at radius 3 is 0.767 bits per heavy atom. The van der Waals surface area contributed by atoms with Crippen LogP contribution in [0.15, 0.2) is 0 Å². The first-order valence-electron chi connectivity index (χ1n) is 12.9. The molecule has 0 aromatic carbocycles. The molecular formula is C27H52P2Pd. The van der Waals surface area contributed by atoms with Crippen molar-refractivity contribution < 1.29 is 20.4 Å². The molecule has 30 heavy (non-hydrogen) atoms. The van der Waals surface area contributed by atoms with E-state index in [-0.39, 0.29) is 35.3 Å². The summed E-state index contributed by atoms with van der Waals surface area (Å²) in [6.45, 7) is 0. The quantitative estimate of drug-likeness (QED) is 0.177. The Kier molecular flexibility index (Phi) is 16.0. The van der Waals surface area contributed by atoms with E-state index in [1.54, 1.807) is 134 Å². The second-order valence-electron chi connectivity index (χ2n) is 10.3. The molecule has 4 rings (SSSR count). The van der Waals surface area contributed by atoms with Crippen LogP contribution in [0.5, 0.6) is 0 Å². The summed E-state index contributed by atoms with van der Waals surface area (Å²) in [6.07, 6.45) is 31.8. The molecule has 4 saturated carbocycles. The minimum Gasteiger partial charge on any atom is -0.358 e. The average molecular weight is 545 g/mol. The van der Waals surface area contributed by atoms with E-state index in [0.717, 1.165) is 0 Å². The SMILES string of the molecule is C1CCC(P(CP(C2CCCCC2)C2CCCCC2)C2CCCCC2)CC1.[CH3-].[CH3-].[Pd+2]. The minimum atomic E-state index is 0. The zero-order valence-electron chi connectivity index (χ0n) is 20.4. The van der Waals surface area contributed by atoms with Crippen LogP contribution in [0, 0.1) is 14.9 Å². The molecule has 0 aromatic heterocycles. The van der Waals surface area contributed by atoms with Gasteiger partial charge in [-0.1, -0.05) is 92.9 Å². The van der Waals surface area contributed by atoms with E-state index in [9.17, 15) is 0 Å². The third kappa shape index (κ3) is 8.38. The van der Waals surface area contributed by atoms with Crippen molar-refractivity contribution in [3.05, 3.63) is 14.9 Å². The van der Waals surface area contributed by atoms with Gasteiger partial charge in [-0.15, -0.1) is 0 Å². The molecule has 0 aliphatic heterocycles. The summed E-state index contributed by atoms with van der Waals surface area (Å²) in [5, 5.41) is 0. The van der Waals surface area contributed by atoms with Gasteiger partial charge in [0.05, 0.1) is 0 Å². The van der Waals surface area contributed by atoms with E-state index in [2.05, 4.69) is 0 Å². The van der Waals surface area contributed by atoms with Crippen molar-refractivity contribution in [1.29, 1.82) is 0 Å². The molecule has 0 bridgehead atoms. The smallest absolute Gasteiger partial charge is 0.358 e. The van der Waals surface area contributed by atoms with E-state index in [0.29, 0.717) is 15.8 Å². The molecule has 180 valence electrons. The van der Waals surface area contributed by atoms with Gasteiger partial charge in [-0.25, -0.2) is 0 Å². The molecular weight excluding hydrogens is 493 g/mol. The van der Waals surface area contributed by atoms with Crippen LogP contribution in [-0.4, -0.2) is 28.5 Å². The van der Waals surface area contributed by atoms with Gasteiger partial charge >= 0.3 is 20.4 Å². The molecule has 4 aliphatic rings. The summed E-state index contributed by atoms with van der Waals surface area (Å²) in [4.78, 5) is 0. The van der Waals surface area contributed by atoms with Crippen molar-refractivity contribution in [3.63, 3.8) is 0 Å². The molecule has 0 heterocycles. The maximum Gasteiger partial charge on any atom is 2.00 e. The van der Waals surface area contributed by atoms with Crippen molar-refractivity contribution in [2.24, 2.45) is 0 Å². The molecule has 4 fully saturated rings. The molecule has 0 unspecified atom stereocenters. The Morgan fingerprint density at radius 1 is 0.367 bits per heavy atom. The third-order valence-electron chi connectivity index (χ3n) is 8.50. The summed E-state index contributed by atoms with van der Waals surface area (Å²) in [6, 6.07) is 0. The maximum atomic E-state index is 1.79. The van der Waals surface area contributed by atoms with Gasteiger partial charge in [-0.3, -0.25) is 0 Å². The molecule has 0 spiro atoms. The predicted molar refractivity (Wildman–Crippen MR) is 139 cm³/mol. The van der Waals surface area contributed by atoms with Crippen LogP contribution in [0.4, 0.5) is 0 Å². The molecule has 0 amide bonds. The molecule has 0 saturated heterocycles. The van der Waals surface area contributed by atoms with Gasteiger partial charge in [-0.05, 0) is 79.9 Å². The number of hydrogen-bond acceptors (Lipinski definition) is 0. The van der Waals surface area contributed by atoms with Crippen molar-refractivity contribution in [1.82, 2.24) is 0 Å². The number of hydrogen-bond donors (Lipinski definition) is 0. The van der Waals surface area contributed by atoms with Gasteiger partial charge in [0.2, 0.25) is 0 Å². The normalized spacial score (nSPS) is 25.4. The van der Waals surface area contributed by atoms with Crippen LogP contribution in [0.25, 0.3) is 0 Å².